The highest BCUT2D eigenvalue weighted by atomic mass is 19.4. The molecule has 0 unspecified atom stereocenters. The fraction of sp³-hybridized carbons (Fsp3) is 0.611. The number of amides is 1. The second-order valence-electron chi connectivity index (χ2n) is 14.2. The summed E-state index contributed by atoms with van der Waals surface area (Å²) in [6.45, 7) is 2.30. The summed E-state index contributed by atoms with van der Waals surface area (Å²) < 4.78 is 80.2. The molecule has 6 rings (SSSR count). The Balaban J connectivity index is 1.27. The first-order valence-electron chi connectivity index (χ1n) is 17.0. The quantitative estimate of drug-likeness (QED) is 0.331. The van der Waals surface area contributed by atoms with Crippen molar-refractivity contribution in [3.05, 3.63) is 59.2 Å². The third-order valence-electron chi connectivity index (χ3n) is 11.3. The van der Waals surface area contributed by atoms with Crippen molar-refractivity contribution < 1.29 is 41.4 Å². The Hall–Kier alpha value is -3.41. The largest absolute Gasteiger partial charge is 0.497 e. The number of hydrogen-bond donors (Lipinski definition) is 1. The molecular formula is C36H44F5N3O4. The van der Waals surface area contributed by atoms with E-state index in [0.717, 1.165) is 37.8 Å². The first kappa shape index (κ1) is 34.5. The number of carboxylic acids is 1. The number of rotatable bonds is 7. The number of carbonyl (C=O) groups excluding carboxylic acids is 1. The molecule has 2 aromatic carbocycles. The van der Waals surface area contributed by atoms with E-state index in [1.54, 1.807) is 29.2 Å². The summed E-state index contributed by atoms with van der Waals surface area (Å²) in [5.41, 5.74) is -2.07. The summed E-state index contributed by atoms with van der Waals surface area (Å²) in [6.07, 6.45) is -1.88. The number of likely N-dealkylation sites (tertiary alicyclic amines) is 2. The third-order valence-corrected chi connectivity index (χ3v) is 11.3. The smallest absolute Gasteiger partial charge is 0.416 e. The molecule has 48 heavy (non-hydrogen) atoms. The van der Waals surface area contributed by atoms with Crippen molar-refractivity contribution in [3.63, 3.8) is 0 Å². The molecule has 12 heteroatoms. The van der Waals surface area contributed by atoms with Gasteiger partial charge in [-0.05, 0) is 79.8 Å². The molecular weight excluding hydrogens is 633 g/mol. The van der Waals surface area contributed by atoms with Crippen LogP contribution in [0.4, 0.5) is 27.6 Å². The zero-order valence-corrected chi connectivity index (χ0v) is 27.4. The zero-order chi connectivity index (χ0) is 34.4. The lowest BCUT2D eigenvalue weighted by molar-refractivity contribution is -0.143. The van der Waals surface area contributed by atoms with E-state index in [1.165, 1.54) is 18.1 Å². The molecule has 1 saturated carbocycles. The molecule has 262 valence electrons. The lowest BCUT2D eigenvalue weighted by Crippen LogP contribution is -2.50. The van der Waals surface area contributed by atoms with E-state index in [0.29, 0.717) is 29.3 Å². The molecule has 3 aliphatic heterocycles. The van der Waals surface area contributed by atoms with Crippen molar-refractivity contribution in [1.29, 1.82) is 0 Å². The van der Waals surface area contributed by atoms with Crippen LogP contribution in [-0.2, 0) is 15.8 Å². The average molecular weight is 678 g/mol. The lowest BCUT2D eigenvalue weighted by Gasteiger charge is -2.35. The Morgan fingerprint density at radius 1 is 0.938 bits per heavy atom. The topological polar surface area (TPSA) is 73.3 Å². The molecule has 0 spiro atoms. The highest BCUT2D eigenvalue weighted by Gasteiger charge is 2.57. The molecule has 2 aromatic rings. The van der Waals surface area contributed by atoms with Gasteiger partial charge in [0, 0.05) is 56.3 Å². The minimum absolute atomic E-state index is 0.107. The van der Waals surface area contributed by atoms with E-state index >= 15 is 8.78 Å². The first-order valence-corrected chi connectivity index (χ1v) is 17.0. The first-order chi connectivity index (χ1) is 22.8. The number of methoxy groups -OCH3 is 1. The number of ether oxygens (including phenoxy) is 1. The predicted molar refractivity (Wildman–Crippen MR) is 171 cm³/mol. The summed E-state index contributed by atoms with van der Waals surface area (Å²) in [6, 6.07) is 10.3. The molecule has 1 N–H and O–H groups in total. The van der Waals surface area contributed by atoms with E-state index in [-0.39, 0.29) is 57.3 Å². The van der Waals surface area contributed by atoms with Gasteiger partial charge in [-0.2, -0.15) is 13.2 Å². The Labute approximate surface area is 278 Å². The Kier molecular flexibility index (Phi) is 9.67. The molecule has 4 atom stereocenters. The number of carboxylic acid groups (broad SMARTS) is 1. The number of hydrogen-bond acceptors (Lipinski definition) is 5. The highest BCUT2D eigenvalue weighted by Crippen LogP contribution is 2.46. The number of aliphatic carboxylic acids is 1. The van der Waals surface area contributed by atoms with Gasteiger partial charge in [-0.15, -0.1) is 0 Å². The number of anilines is 1. The van der Waals surface area contributed by atoms with Gasteiger partial charge in [0.25, 0.3) is 5.91 Å². The fourth-order valence-electron chi connectivity index (χ4n) is 8.32. The van der Waals surface area contributed by atoms with Gasteiger partial charge < -0.3 is 19.6 Å². The lowest BCUT2D eigenvalue weighted by atomic mass is 9.85. The fourth-order valence-corrected chi connectivity index (χ4v) is 8.32. The number of piperidine rings is 1. The van der Waals surface area contributed by atoms with Gasteiger partial charge in [0.1, 0.15) is 11.9 Å². The van der Waals surface area contributed by atoms with Gasteiger partial charge in [-0.1, -0.05) is 25.1 Å². The van der Waals surface area contributed by atoms with Crippen LogP contribution >= 0.6 is 0 Å². The van der Waals surface area contributed by atoms with Gasteiger partial charge in [0.05, 0.1) is 25.1 Å². The van der Waals surface area contributed by atoms with Crippen LogP contribution in [0.2, 0.25) is 0 Å². The number of nitrogens with zero attached hydrogens (tertiary/aromatic N) is 3. The van der Waals surface area contributed by atoms with Gasteiger partial charge in [0.2, 0.25) is 5.67 Å². The zero-order valence-electron chi connectivity index (χ0n) is 27.4. The maximum atomic E-state index is 17.5. The summed E-state index contributed by atoms with van der Waals surface area (Å²) in [7, 11) is 1.54. The van der Waals surface area contributed by atoms with Gasteiger partial charge >= 0.3 is 12.1 Å². The van der Waals surface area contributed by atoms with Crippen molar-refractivity contribution in [2.24, 2.45) is 11.8 Å². The molecule has 3 saturated heterocycles. The van der Waals surface area contributed by atoms with Crippen LogP contribution in [0.1, 0.15) is 74.0 Å². The number of benzene rings is 2. The normalized spacial score (nSPS) is 30.5. The minimum Gasteiger partial charge on any atom is -0.497 e. The van der Waals surface area contributed by atoms with Crippen molar-refractivity contribution in [2.45, 2.75) is 81.3 Å². The second kappa shape index (κ2) is 13.5. The van der Waals surface area contributed by atoms with Gasteiger partial charge in [-0.25, -0.2) is 8.78 Å². The van der Waals surface area contributed by atoms with Crippen LogP contribution in [0.3, 0.4) is 0 Å². The molecule has 0 bridgehead atoms. The Morgan fingerprint density at radius 2 is 1.60 bits per heavy atom. The maximum absolute atomic E-state index is 17.5. The monoisotopic (exact) mass is 677 g/mol. The molecule has 3 heterocycles. The van der Waals surface area contributed by atoms with Crippen LogP contribution in [0.15, 0.2) is 42.5 Å². The summed E-state index contributed by atoms with van der Waals surface area (Å²) >= 11 is 0. The van der Waals surface area contributed by atoms with E-state index < -0.39 is 53.2 Å². The predicted octanol–water partition coefficient (Wildman–Crippen LogP) is 6.67. The van der Waals surface area contributed by atoms with Crippen molar-refractivity contribution in [3.8, 4) is 5.75 Å². The van der Waals surface area contributed by atoms with Crippen LogP contribution in [0.25, 0.3) is 0 Å². The van der Waals surface area contributed by atoms with Crippen LogP contribution in [-0.4, -0.2) is 91.0 Å². The van der Waals surface area contributed by atoms with E-state index in [4.69, 9.17) is 4.74 Å². The van der Waals surface area contributed by atoms with Crippen molar-refractivity contribution in [2.75, 3.05) is 51.3 Å². The van der Waals surface area contributed by atoms with Crippen LogP contribution < -0.4 is 9.64 Å². The molecule has 0 aromatic heterocycles. The van der Waals surface area contributed by atoms with E-state index in [1.807, 2.05) is 0 Å². The van der Waals surface area contributed by atoms with Crippen LogP contribution in [0, 0.1) is 11.8 Å². The summed E-state index contributed by atoms with van der Waals surface area (Å²) in [5, 5.41) is 9.42. The molecule has 1 amide bonds. The summed E-state index contributed by atoms with van der Waals surface area (Å²) in [4.78, 5) is 30.8. The molecule has 4 fully saturated rings. The Morgan fingerprint density at radius 3 is 2.21 bits per heavy atom. The van der Waals surface area contributed by atoms with Crippen LogP contribution in [0.5, 0.6) is 5.75 Å². The maximum Gasteiger partial charge on any atom is 0.416 e. The Bertz CT molecular complexity index is 1470. The standard InChI is InChI=1S/C36H44F5N3O4/c1-22-3-8-26(9-4-22)44-19-30(23-5-10-27(48-2)11-6-23)35(38,21-44)34(47)43-18-29(31(37)20-43)28-12-7-25(36(39,40)41)17-32(28)42-15-13-24(14-16-42)33(45)46/h5-7,10-12,17,22,24,26,29-31H,3-4,8-9,13-16,18-21H2,1-2H3,(H,45,46)/t22-,26-,29-,30+,31+,35+/m1/s1. The van der Waals surface area contributed by atoms with E-state index in [2.05, 4.69) is 11.8 Å². The molecule has 0 radical (unpaired) electrons. The molecule has 1 aliphatic carbocycles. The molecule has 7 nitrogen and oxygen atoms in total. The number of alkyl halides is 5. The molecule has 4 aliphatic rings. The highest BCUT2D eigenvalue weighted by molar-refractivity contribution is 5.88. The van der Waals surface area contributed by atoms with Gasteiger partial charge in [0.15, 0.2) is 0 Å². The minimum atomic E-state index is -4.64. The third kappa shape index (κ3) is 6.73. The van der Waals surface area contributed by atoms with Crippen molar-refractivity contribution >= 4 is 17.6 Å². The number of carbonyl (C=O) groups is 2. The summed E-state index contributed by atoms with van der Waals surface area (Å²) in [5.74, 6) is -2.91. The second-order valence-corrected chi connectivity index (χ2v) is 14.2. The van der Waals surface area contributed by atoms with Crippen molar-refractivity contribution in [1.82, 2.24) is 9.80 Å². The SMILES string of the molecule is COc1ccc([C@@H]2CN([C@H]3CC[C@H](C)CC3)C[C@@]2(F)C(=O)N2C[C@H](c3ccc(C(F)(F)F)cc3N3CCC(C(=O)O)CC3)[C@@H](F)C2)cc1. The van der Waals surface area contributed by atoms with E-state index in [9.17, 15) is 27.9 Å². The number of halogens is 5. The average Bonchev–Trinajstić information content (AvgIpc) is 3.64. The van der Waals surface area contributed by atoms with Gasteiger partial charge in [-0.3, -0.25) is 14.5 Å².